The zero-order valence-corrected chi connectivity index (χ0v) is 12.1. The zero-order valence-electron chi connectivity index (χ0n) is 11.3. The van der Waals surface area contributed by atoms with Gasteiger partial charge in [0.1, 0.15) is 5.54 Å². The van der Waals surface area contributed by atoms with Crippen LogP contribution in [-0.4, -0.2) is 36.3 Å². The fourth-order valence-corrected chi connectivity index (χ4v) is 4.06. The predicted octanol–water partition coefficient (Wildman–Crippen LogP) is 2.71. The lowest BCUT2D eigenvalue weighted by Crippen LogP contribution is -2.49. The van der Waals surface area contributed by atoms with Crippen molar-refractivity contribution in [1.82, 2.24) is 5.32 Å². The number of ether oxygens (including phenoxy) is 1. The number of hydrogen-bond acceptors (Lipinski definition) is 4. The van der Waals surface area contributed by atoms with Gasteiger partial charge < -0.3 is 4.74 Å². The van der Waals surface area contributed by atoms with Crippen LogP contribution in [0.15, 0.2) is 0 Å². The zero-order chi connectivity index (χ0) is 12.8. The number of methoxy groups -OCH3 is 1. The van der Waals surface area contributed by atoms with E-state index in [1.807, 2.05) is 11.8 Å². The largest absolute Gasteiger partial charge is 0.385 e. The predicted molar refractivity (Wildman–Crippen MR) is 75.7 cm³/mol. The first kappa shape index (κ1) is 14.2. The van der Waals surface area contributed by atoms with Crippen molar-refractivity contribution in [3.05, 3.63) is 0 Å². The molecule has 2 rings (SSSR count). The van der Waals surface area contributed by atoms with Gasteiger partial charge in [-0.05, 0) is 50.7 Å². The van der Waals surface area contributed by atoms with E-state index in [0.29, 0.717) is 11.3 Å². The second-order valence-electron chi connectivity index (χ2n) is 5.55. The van der Waals surface area contributed by atoms with E-state index in [9.17, 15) is 5.26 Å². The third-order valence-electron chi connectivity index (χ3n) is 3.82. The van der Waals surface area contributed by atoms with Crippen molar-refractivity contribution in [2.24, 2.45) is 0 Å². The summed E-state index contributed by atoms with van der Waals surface area (Å²) in [5.41, 5.74) is -0.224. The van der Waals surface area contributed by atoms with E-state index in [4.69, 9.17) is 4.74 Å². The normalized spacial score (nSPS) is 32.1. The third kappa shape index (κ3) is 4.15. The Bertz CT molecular complexity index is 301. The van der Waals surface area contributed by atoms with Gasteiger partial charge in [-0.3, -0.25) is 5.32 Å². The molecule has 0 aromatic carbocycles. The first-order chi connectivity index (χ1) is 8.78. The molecule has 0 bridgehead atoms. The molecule has 2 fully saturated rings. The molecule has 0 aromatic rings. The van der Waals surface area contributed by atoms with Gasteiger partial charge in [0.05, 0.1) is 6.07 Å². The maximum Gasteiger partial charge on any atom is 0.108 e. The molecule has 0 radical (unpaired) electrons. The highest BCUT2D eigenvalue weighted by molar-refractivity contribution is 7.99. The lowest BCUT2D eigenvalue weighted by atomic mass is 9.82. The average molecular weight is 268 g/mol. The van der Waals surface area contributed by atoms with Gasteiger partial charge in [-0.2, -0.15) is 17.0 Å². The summed E-state index contributed by atoms with van der Waals surface area (Å²) in [4.78, 5) is 0. The van der Waals surface area contributed by atoms with Crippen molar-refractivity contribution in [2.75, 3.05) is 19.5 Å². The van der Waals surface area contributed by atoms with Gasteiger partial charge in [-0.15, -0.1) is 0 Å². The molecular formula is C14H24N2OS. The molecule has 2 saturated carbocycles. The molecule has 0 amide bonds. The van der Waals surface area contributed by atoms with Crippen molar-refractivity contribution < 1.29 is 4.74 Å². The van der Waals surface area contributed by atoms with Gasteiger partial charge in [0.25, 0.3) is 0 Å². The second-order valence-corrected chi connectivity index (χ2v) is 6.96. The van der Waals surface area contributed by atoms with Crippen LogP contribution in [0.2, 0.25) is 0 Å². The Hall–Kier alpha value is -0.240. The van der Waals surface area contributed by atoms with Crippen molar-refractivity contribution in [2.45, 2.75) is 61.8 Å². The van der Waals surface area contributed by atoms with Crippen LogP contribution in [0.25, 0.3) is 0 Å². The molecule has 102 valence electrons. The molecule has 18 heavy (non-hydrogen) atoms. The van der Waals surface area contributed by atoms with Gasteiger partial charge in [0.2, 0.25) is 0 Å². The Kier molecular flexibility index (Phi) is 5.35. The number of rotatable bonds is 7. The maximum absolute atomic E-state index is 9.50. The Morgan fingerprint density at radius 1 is 1.44 bits per heavy atom. The summed E-state index contributed by atoms with van der Waals surface area (Å²) in [6, 6.07) is 3.20. The minimum atomic E-state index is -0.224. The molecule has 1 N–H and O–H groups in total. The lowest BCUT2D eigenvalue weighted by Gasteiger charge is -2.36. The van der Waals surface area contributed by atoms with Gasteiger partial charge in [-0.1, -0.05) is 0 Å². The quantitative estimate of drug-likeness (QED) is 0.721. The van der Waals surface area contributed by atoms with Crippen LogP contribution in [0, 0.1) is 11.3 Å². The number of nitriles is 1. The second kappa shape index (κ2) is 6.79. The standard InChI is InChI=1S/C14H24N2OS/c1-17-8-3-9-18-13-4-2-7-14(10-13,11-15)16-12-5-6-12/h12-13,16H,2-10H2,1H3. The number of nitrogens with one attached hydrogen (secondary N) is 1. The summed E-state index contributed by atoms with van der Waals surface area (Å²) in [6.45, 7) is 0.851. The van der Waals surface area contributed by atoms with Crippen LogP contribution < -0.4 is 5.32 Å². The summed E-state index contributed by atoms with van der Waals surface area (Å²) in [5.74, 6) is 1.16. The van der Waals surface area contributed by atoms with Crippen LogP contribution in [0.3, 0.4) is 0 Å². The van der Waals surface area contributed by atoms with Crippen molar-refractivity contribution >= 4 is 11.8 Å². The lowest BCUT2D eigenvalue weighted by molar-refractivity contribution is 0.200. The highest BCUT2D eigenvalue weighted by atomic mass is 32.2. The molecule has 0 aliphatic heterocycles. The molecule has 3 nitrogen and oxygen atoms in total. The number of hydrogen-bond donors (Lipinski definition) is 1. The highest BCUT2D eigenvalue weighted by Gasteiger charge is 2.40. The summed E-state index contributed by atoms with van der Waals surface area (Å²) in [5, 5.41) is 13.7. The van der Waals surface area contributed by atoms with E-state index < -0.39 is 0 Å². The first-order valence-electron chi connectivity index (χ1n) is 7.07. The van der Waals surface area contributed by atoms with Gasteiger partial charge in [0, 0.05) is 25.0 Å². The van der Waals surface area contributed by atoms with Crippen LogP contribution in [0.1, 0.15) is 44.9 Å². The monoisotopic (exact) mass is 268 g/mol. The minimum absolute atomic E-state index is 0.224. The van der Waals surface area contributed by atoms with Gasteiger partial charge >= 0.3 is 0 Å². The summed E-state index contributed by atoms with van der Waals surface area (Å²) in [7, 11) is 1.76. The average Bonchev–Trinajstić information content (AvgIpc) is 3.19. The Labute approximate surface area is 115 Å². The van der Waals surface area contributed by atoms with Crippen LogP contribution >= 0.6 is 11.8 Å². The molecular weight excluding hydrogens is 244 g/mol. The fourth-order valence-electron chi connectivity index (χ4n) is 2.70. The number of nitrogens with zero attached hydrogens (tertiary/aromatic N) is 1. The summed E-state index contributed by atoms with van der Waals surface area (Å²) in [6.07, 6.45) is 8.16. The fraction of sp³-hybridized carbons (Fsp3) is 0.929. The smallest absolute Gasteiger partial charge is 0.108 e. The molecule has 2 unspecified atom stereocenters. The van der Waals surface area contributed by atoms with Crippen molar-refractivity contribution in [3.8, 4) is 6.07 Å². The van der Waals surface area contributed by atoms with E-state index >= 15 is 0 Å². The minimum Gasteiger partial charge on any atom is -0.385 e. The summed E-state index contributed by atoms with van der Waals surface area (Å²) < 4.78 is 5.08. The van der Waals surface area contributed by atoms with Crippen LogP contribution in [0.5, 0.6) is 0 Å². The van der Waals surface area contributed by atoms with Crippen molar-refractivity contribution in [3.63, 3.8) is 0 Å². The van der Waals surface area contributed by atoms with E-state index in [2.05, 4.69) is 11.4 Å². The van der Waals surface area contributed by atoms with Crippen LogP contribution in [-0.2, 0) is 4.74 Å². The first-order valence-corrected chi connectivity index (χ1v) is 8.12. The molecule has 0 spiro atoms. The van der Waals surface area contributed by atoms with Gasteiger partial charge in [-0.25, -0.2) is 0 Å². The highest BCUT2D eigenvalue weighted by Crippen LogP contribution is 2.37. The molecule has 0 heterocycles. The molecule has 0 saturated heterocycles. The number of thioether (sulfide) groups is 1. The maximum atomic E-state index is 9.50. The van der Waals surface area contributed by atoms with Crippen LogP contribution in [0.4, 0.5) is 0 Å². The van der Waals surface area contributed by atoms with E-state index in [1.165, 1.54) is 25.7 Å². The molecule has 2 aliphatic carbocycles. The van der Waals surface area contributed by atoms with Crippen molar-refractivity contribution in [1.29, 1.82) is 5.26 Å². The Morgan fingerprint density at radius 2 is 2.28 bits per heavy atom. The van der Waals surface area contributed by atoms with E-state index in [-0.39, 0.29) is 5.54 Å². The topological polar surface area (TPSA) is 45.0 Å². The molecule has 2 atom stereocenters. The van der Waals surface area contributed by atoms with E-state index in [0.717, 1.165) is 31.6 Å². The molecule has 2 aliphatic rings. The Morgan fingerprint density at radius 3 is 2.94 bits per heavy atom. The molecule has 4 heteroatoms. The molecule has 0 aromatic heterocycles. The Balaban J connectivity index is 1.77. The SMILES string of the molecule is COCCCSC1CCCC(C#N)(NC2CC2)C1. The van der Waals surface area contributed by atoms with Gasteiger partial charge in [0.15, 0.2) is 0 Å². The van der Waals surface area contributed by atoms with E-state index in [1.54, 1.807) is 7.11 Å². The third-order valence-corrected chi connectivity index (χ3v) is 5.22. The summed E-state index contributed by atoms with van der Waals surface area (Å²) >= 11 is 2.03.